The zero-order valence-corrected chi connectivity index (χ0v) is 15.0. The maximum Gasteiger partial charge on any atom is 0.339 e. The van der Waals surface area contributed by atoms with Gasteiger partial charge in [0.2, 0.25) is 5.95 Å². The van der Waals surface area contributed by atoms with Crippen LogP contribution >= 0.6 is 11.6 Å². The number of ether oxygens (including phenoxy) is 1. The second-order valence-electron chi connectivity index (χ2n) is 5.36. The molecule has 3 rings (SSSR count). The predicted molar refractivity (Wildman–Crippen MR) is 103 cm³/mol. The number of carbonyl (C=O) groups excluding carboxylic acids is 2. The number of aromatic nitrogens is 2. The molecule has 0 radical (unpaired) electrons. The fourth-order valence-electron chi connectivity index (χ4n) is 2.29. The van der Waals surface area contributed by atoms with E-state index in [1.165, 1.54) is 19.4 Å². The monoisotopic (exact) mass is 382 g/mol. The number of anilines is 3. The Bertz CT molecular complexity index is 994. The molecule has 1 heterocycles. The number of halogens is 1. The van der Waals surface area contributed by atoms with Crippen LogP contribution in [0.25, 0.3) is 0 Å². The van der Waals surface area contributed by atoms with Gasteiger partial charge in [0.15, 0.2) is 0 Å². The topological polar surface area (TPSA) is 93.2 Å². The van der Waals surface area contributed by atoms with E-state index in [0.717, 1.165) is 0 Å². The molecule has 27 heavy (non-hydrogen) atoms. The van der Waals surface area contributed by atoms with Crippen LogP contribution in [0.3, 0.4) is 0 Å². The Hall–Kier alpha value is -3.45. The fraction of sp³-hybridized carbons (Fsp3) is 0.0526. The molecular weight excluding hydrogens is 368 g/mol. The smallest absolute Gasteiger partial charge is 0.339 e. The van der Waals surface area contributed by atoms with Crippen molar-refractivity contribution < 1.29 is 14.3 Å². The zero-order chi connectivity index (χ0) is 19.2. The molecule has 8 heteroatoms. The van der Waals surface area contributed by atoms with Gasteiger partial charge < -0.3 is 15.4 Å². The number of hydrogen-bond donors (Lipinski definition) is 2. The number of nitrogens with one attached hydrogen (secondary N) is 2. The van der Waals surface area contributed by atoms with E-state index in [2.05, 4.69) is 20.6 Å². The van der Waals surface area contributed by atoms with Gasteiger partial charge in [-0.25, -0.2) is 14.8 Å². The Kier molecular flexibility index (Phi) is 5.63. The largest absolute Gasteiger partial charge is 0.465 e. The van der Waals surface area contributed by atoms with Gasteiger partial charge in [-0.05, 0) is 30.3 Å². The molecule has 3 aromatic rings. The average molecular weight is 383 g/mol. The van der Waals surface area contributed by atoms with Gasteiger partial charge in [0.25, 0.3) is 5.91 Å². The lowest BCUT2D eigenvalue weighted by Gasteiger charge is -2.10. The summed E-state index contributed by atoms with van der Waals surface area (Å²) in [5, 5.41) is 6.04. The van der Waals surface area contributed by atoms with Gasteiger partial charge in [0, 0.05) is 6.20 Å². The Morgan fingerprint density at radius 2 is 1.70 bits per heavy atom. The summed E-state index contributed by atoms with van der Waals surface area (Å²) in [5.41, 5.74) is 1.42. The van der Waals surface area contributed by atoms with Gasteiger partial charge in [-0.2, -0.15) is 0 Å². The first-order valence-electron chi connectivity index (χ1n) is 7.92. The minimum absolute atomic E-state index is 0.142. The molecule has 0 saturated carbocycles. The fourth-order valence-corrected chi connectivity index (χ4v) is 2.48. The molecule has 1 amide bonds. The lowest BCUT2D eigenvalue weighted by atomic mass is 10.2. The average Bonchev–Trinajstić information content (AvgIpc) is 2.70. The Morgan fingerprint density at radius 1 is 1.00 bits per heavy atom. The van der Waals surface area contributed by atoms with E-state index in [1.54, 1.807) is 48.5 Å². The van der Waals surface area contributed by atoms with Crippen LogP contribution in [-0.2, 0) is 4.74 Å². The molecule has 0 aliphatic heterocycles. The molecule has 7 nitrogen and oxygen atoms in total. The molecule has 136 valence electrons. The van der Waals surface area contributed by atoms with E-state index < -0.39 is 11.9 Å². The molecule has 0 fully saturated rings. The summed E-state index contributed by atoms with van der Waals surface area (Å²) in [6.45, 7) is 0. The lowest BCUT2D eigenvalue weighted by molar-refractivity contribution is 0.0601. The highest BCUT2D eigenvalue weighted by Crippen LogP contribution is 2.22. The third-order valence-corrected chi connectivity index (χ3v) is 3.92. The number of para-hydroxylation sites is 2. The number of methoxy groups -OCH3 is 1. The van der Waals surface area contributed by atoms with Crippen LogP contribution in [-0.4, -0.2) is 29.0 Å². The summed E-state index contributed by atoms with van der Waals surface area (Å²) in [6.07, 6.45) is 1.44. The van der Waals surface area contributed by atoms with Crippen LogP contribution < -0.4 is 10.6 Å². The molecule has 0 bridgehead atoms. The summed E-state index contributed by atoms with van der Waals surface area (Å²) < 4.78 is 4.76. The first-order chi connectivity index (χ1) is 13.1. The minimum atomic E-state index is -0.495. The summed E-state index contributed by atoms with van der Waals surface area (Å²) >= 11 is 6.05. The normalized spacial score (nSPS) is 10.1. The summed E-state index contributed by atoms with van der Waals surface area (Å²) in [5.74, 6) is -0.765. The third kappa shape index (κ3) is 4.39. The number of nitrogens with zero attached hydrogens (tertiary/aromatic N) is 2. The lowest BCUT2D eigenvalue weighted by Crippen LogP contribution is -2.15. The van der Waals surface area contributed by atoms with E-state index >= 15 is 0 Å². The van der Waals surface area contributed by atoms with Crippen molar-refractivity contribution >= 4 is 40.8 Å². The highest BCUT2D eigenvalue weighted by Gasteiger charge is 2.14. The number of hydrogen-bond acceptors (Lipinski definition) is 6. The number of benzene rings is 2. The van der Waals surface area contributed by atoms with Crippen LogP contribution in [0, 0.1) is 0 Å². The first kappa shape index (κ1) is 18.3. The molecule has 0 saturated heterocycles. The van der Waals surface area contributed by atoms with Gasteiger partial charge in [-0.1, -0.05) is 35.9 Å². The number of esters is 1. The second kappa shape index (κ2) is 8.29. The van der Waals surface area contributed by atoms with Crippen LogP contribution in [0.15, 0.2) is 60.8 Å². The van der Waals surface area contributed by atoms with Crippen molar-refractivity contribution in [2.24, 2.45) is 0 Å². The Balaban J connectivity index is 1.81. The van der Waals surface area contributed by atoms with Crippen molar-refractivity contribution in [3.05, 3.63) is 77.1 Å². The van der Waals surface area contributed by atoms with Gasteiger partial charge in [0.1, 0.15) is 5.69 Å². The van der Waals surface area contributed by atoms with Crippen molar-refractivity contribution in [2.75, 3.05) is 17.7 Å². The molecule has 2 aromatic carbocycles. The molecule has 0 aliphatic rings. The standard InChI is InChI=1S/C19H15ClN4O3/c1-27-18(26)12-6-2-4-8-14(12)23-19-21-11-10-16(24-19)17(25)22-15-9-5-3-7-13(15)20/h2-11H,1H3,(H,22,25)(H,21,23,24). The van der Waals surface area contributed by atoms with Gasteiger partial charge in [0.05, 0.1) is 29.1 Å². The van der Waals surface area contributed by atoms with E-state index in [9.17, 15) is 9.59 Å². The van der Waals surface area contributed by atoms with Crippen LogP contribution in [0.1, 0.15) is 20.8 Å². The number of rotatable bonds is 5. The van der Waals surface area contributed by atoms with E-state index in [0.29, 0.717) is 22.0 Å². The molecule has 0 spiro atoms. The van der Waals surface area contributed by atoms with E-state index in [4.69, 9.17) is 16.3 Å². The maximum atomic E-state index is 12.4. The van der Waals surface area contributed by atoms with Crippen LogP contribution in [0.4, 0.5) is 17.3 Å². The molecule has 0 atom stereocenters. The molecule has 1 aromatic heterocycles. The quantitative estimate of drug-likeness (QED) is 0.650. The van der Waals surface area contributed by atoms with Crippen LogP contribution in [0.5, 0.6) is 0 Å². The molecular formula is C19H15ClN4O3. The highest BCUT2D eigenvalue weighted by atomic mass is 35.5. The predicted octanol–water partition coefficient (Wildman–Crippen LogP) is 3.91. The highest BCUT2D eigenvalue weighted by molar-refractivity contribution is 6.33. The second-order valence-corrected chi connectivity index (χ2v) is 5.77. The first-order valence-corrected chi connectivity index (χ1v) is 8.29. The summed E-state index contributed by atoms with van der Waals surface area (Å²) in [4.78, 5) is 32.6. The number of carbonyl (C=O) groups is 2. The minimum Gasteiger partial charge on any atom is -0.465 e. The van der Waals surface area contributed by atoms with Crippen LogP contribution in [0.2, 0.25) is 5.02 Å². The van der Waals surface area contributed by atoms with E-state index in [1.807, 2.05) is 0 Å². The summed E-state index contributed by atoms with van der Waals surface area (Å²) in [6, 6.07) is 15.1. The van der Waals surface area contributed by atoms with Crippen molar-refractivity contribution in [3.63, 3.8) is 0 Å². The van der Waals surface area contributed by atoms with Crippen molar-refractivity contribution in [1.29, 1.82) is 0 Å². The maximum absolute atomic E-state index is 12.4. The Labute approximate surface area is 160 Å². The van der Waals surface area contributed by atoms with Crippen molar-refractivity contribution in [3.8, 4) is 0 Å². The summed E-state index contributed by atoms with van der Waals surface area (Å²) in [7, 11) is 1.30. The van der Waals surface area contributed by atoms with Crippen molar-refractivity contribution in [1.82, 2.24) is 9.97 Å². The molecule has 2 N–H and O–H groups in total. The van der Waals surface area contributed by atoms with Crippen molar-refractivity contribution in [2.45, 2.75) is 0 Å². The van der Waals surface area contributed by atoms with Gasteiger partial charge in [-0.15, -0.1) is 0 Å². The molecule has 0 aliphatic carbocycles. The van der Waals surface area contributed by atoms with E-state index in [-0.39, 0.29) is 11.6 Å². The zero-order valence-electron chi connectivity index (χ0n) is 14.3. The Morgan fingerprint density at radius 3 is 2.44 bits per heavy atom. The van der Waals surface area contributed by atoms with Gasteiger partial charge >= 0.3 is 5.97 Å². The SMILES string of the molecule is COC(=O)c1ccccc1Nc1nccc(C(=O)Nc2ccccc2Cl)n1. The third-order valence-electron chi connectivity index (χ3n) is 3.59. The van der Waals surface area contributed by atoms with Gasteiger partial charge in [-0.3, -0.25) is 4.79 Å². The number of amides is 1. The molecule has 0 unspecified atom stereocenters.